The van der Waals surface area contributed by atoms with E-state index < -0.39 is 0 Å². The molecule has 2 saturated carbocycles. The fourth-order valence-electron chi connectivity index (χ4n) is 3.09. The molecule has 94 valence electrons. The molecule has 2 aliphatic rings. The van der Waals surface area contributed by atoms with Crippen molar-refractivity contribution in [2.24, 2.45) is 11.8 Å². The van der Waals surface area contributed by atoms with Gasteiger partial charge in [0.15, 0.2) is 0 Å². The summed E-state index contributed by atoms with van der Waals surface area (Å²) in [5.74, 6) is 3.54. The fraction of sp³-hybridized carbons (Fsp3) is 1.00. The molecule has 1 nitrogen and oxygen atoms in total. The maximum atomic E-state index is 3.78. The van der Waals surface area contributed by atoms with Crippen LogP contribution < -0.4 is 5.32 Å². The normalized spacial score (nSPS) is 30.6. The molecule has 2 fully saturated rings. The molecule has 0 saturated heterocycles. The van der Waals surface area contributed by atoms with E-state index >= 15 is 0 Å². The molecular weight excluding hydrogens is 214 g/mol. The van der Waals surface area contributed by atoms with E-state index in [1.807, 2.05) is 11.8 Å². The van der Waals surface area contributed by atoms with Gasteiger partial charge in [-0.25, -0.2) is 0 Å². The van der Waals surface area contributed by atoms with E-state index in [0.29, 0.717) is 0 Å². The maximum absolute atomic E-state index is 3.78. The van der Waals surface area contributed by atoms with Gasteiger partial charge in [-0.3, -0.25) is 0 Å². The van der Waals surface area contributed by atoms with Gasteiger partial charge in [0.1, 0.15) is 0 Å². The second-order valence-corrected chi connectivity index (χ2v) is 6.60. The number of hydrogen-bond donors (Lipinski definition) is 1. The highest BCUT2D eigenvalue weighted by Crippen LogP contribution is 2.43. The van der Waals surface area contributed by atoms with Gasteiger partial charge in [-0.1, -0.05) is 12.8 Å². The third-order valence-corrected chi connectivity index (χ3v) is 4.91. The topological polar surface area (TPSA) is 12.0 Å². The summed E-state index contributed by atoms with van der Waals surface area (Å²) in [5, 5.41) is 3.78. The highest BCUT2D eigenvalue weighted by Gasteiger charge is 2.34. The first-order valence-corrected chi connectivity index (χ1v) is 8.52. The van der Waals surface area contributed by atoms with E-state index in [4.69, 9.17) is 0 Å². The highest BCUT2D eigenvalue weighted by molar-refractivity contribution is 7.98. The Labute approximate surface area is 105 Å². The van der Waals surface area contributed by atoms with Crippen molar-refractivity contribution in [2.45, 2.75) is 57.4 Å². The van der Waals surface area contributed by atoms with E-state index in [0.717, 1.165) is 17.9 Å². The molecule has 0 aromatic heterocycles. The SMILES string of the molecule is CSCCCCNC1CCCC(C2CC2)C1. The Morgan fingerprint density at radius 2 is 1.94 bits per heavy atom. The van der Waals surface area contributed by atoms with Crippen LogP contribution in [-0.4, -0.2) is 24.6 Å². The molecule has 1 N–H and O–H groups in total. The number of hydrogen-bond acceptors (Lipinski definition) is 2. The van der Waals surface area contributed by atoms with Crippen LogP contribution in [0.4, 0.5) is 0 Å². The van der Waals surface area contributed by atoms with Crippen molar-refractivity contribution in [3.8, 4) is 0 Å². The lowest BCUT2D eigenvalue weighted by atomic mass is 9.83. The summed E-state index contributed by atoms with van der Waals surface area (Å²) in [6, 6.07) is 0.855. The van der Waals surface area contributed by atoms with Gasteiger partial charge in [0.25, 0.3) is 0 Å². The van der Waals surface area contributed by atoms with Crippen LogP contribution in [0.15, 0.2) is 0 Å². The van der Waals surface area contributed by atoms with E-state index in [9.17, 15) is 0 Å². The fourth-order valence-corrected chi connectivity index (χ4v) is 3.58. The first-order valence-electron chi connectivity index (χ1n) is 7.12. The molecule has 0 aromatic rings. The van der Waals surface area contributed by atoms with Crippen LogP contribution in [0, 0.1) is 11.8 Å². The molecule has 0 aliphatic heterocycles. The van der Waals surface area contributed by atoms with E-state index in [-0.39, 0.29) is 0 Å². The minimum atomic E-state index is 0.855. The van der Waals surface area contributed by atoms with Crippen LogP contribution in [0.3, 0.4) is 0 Å². The second-order valence-electron chi connectivity index (χ2n) is 5.62. The molecule has 2 aliphatic carbocycles. The van der Waals surface area contributed by atoms with E-state index in [1.54, 1.807) is 0 Å². The molecule has 0 radical (unpaired) electrons. The summed E-state index contributed by atoms with van der Waals surface area (Å²) in [6.45, 7) is 1.25. The molecule has 2 unspecified atom stereocenters. The third kappa shape index (κ3) is 4.29. The minimum absolute atomic E-state index is 0.855. The Hall–Kier alpha value is 0.310. The van der Waals surface area contributed by atoms with Crippen LogP contribution in [0.25, 0.3) is 0 Å². The summed E-state index contributed by atoms with van der Waals surface area (Å²) in [7, 11) is 0. The first kappa shape index (κ1) is 12.8. The van der Waals surface area contributed by atoms with Crippen LogP contribution in [0.5, 0.6) is 0 Å². The van der Waals surface area contributed by atoms with Crippen LogP contribution in [0.2, 0.25) is 0 Å². The third-order valence-electron chi connectivity index (χ3n) is 4.21. The zero-order chi connectivity index (χ0) is 11.2. The first-order chi connectivity index (χ1) is 7.90. The summed E-state index contributed by atoms with van der Waals surface area (Å²) < 4.78 is 0. The highest BCUT2D eigenvalue weighted by atomic mass is 32.2. The molecule has 2 rings (SSSR count). The van der Waals surface area contributed by atoms with Crippen molar-refractivity contribution in [1.82, 2.24) is 5.32 Å². The van der Waals surface area contributed by atoms with Gasteiger partial charge in [-0.2, -0.15) is 11.8 Å². The zero-order valence-electron chi connectivity index (χ0n) is 10.7. The number of nitrogens with one attached hydrogen (secondary N) is 1. The molecule has 0 spiro atoms. The van der Waals surface area contributed by atoms with Crippen molar-refractivity contribution in [2.75, 3.05) is 18.6 Å². The summed E-state index contributed by atoms with van der Waals surface area (Å²) in [4.78, 5) is 0. The summed E-state index contributed by atoms with van der Waals surface area (Å²) in [6.07, 6.45) is 13.9. The molecule has 0 amide bonds. The second kappa shape index (κ2) is 6.90. The van der Waals surface area contributed by atoms with E-state index in [2.05, 4.69) is 11.6 Å². The molecular formula is C14H27NS. The largest absolute Gasteiger partial charge is 0.314 e. The van der Waals surface area contributed by atoms with Crippen LogP contribution in [-0.2, 0) is 0 Å². The minimum Gasteiger partial charge on any atom is -0.314 e. The van der Waals surface area contributed by atoms with Gasteiger partial charge in [-0.05, 0) is 68.9 Å². The predicted octanol–water partition coefficient (Wildman–Crippen LogP) is 3.69. The standard InChI is InChI=1S/C14H27NS/c1-16-10-3-2-9-15-14-6-4-5-13(11-14)12-7-8-12/h12-15H,2-11H2,1H3. The van der Waals surface area contributed by atoms with Crippen molar-refractivity contribution in [3.05, 3.63) is 0 Å². The van der Waals surface area contributed by atoms with Crippen molar-refractivity contribution >= 4 is 11.8 Å². The van der Waals surface area contributed by atoms with Gasteiger partial charge in [-0.15, -0.1) is 0 Å². The Bertz CT molecular complexity index is 191. The number of thioether (sulfide) groups is 1. The van der Waals surface area contributed by atoms with Gasteiger partial charge < -0.3 is 5.32 Å². The average molecular weight is 241 g/mol. The van der Waals surface area contributed by atoms with Crippen molar-refractivity contribution in [3.63, 3.8) is 0 Å². The maximum Gasteiger partial charge on any atom is 0.00698 e. The lowest BCUT2D eigenvalue weighted by Gasteiger charge is -2.30. The molecule has 0 bridgehead atoms. The summed E-state index contributed by atoms with van der Waals surface area (Å²) in [5.41, 5.74) is 0. The van der Waals surface area contributed by atoms with Crippen molar-refractivity contribution in [1.29, 1.82) is 0 Å². The zero-order valence-corrected chi connectivity index (χ0v) is 11.5. The Kier molecular flexibility index (Phi) is 5.51. The Morgan fingerprint density at radius 1 is 1.06 bits per heavy atom. The van der Waals surface area contributed by atoms with Gasteiger partial charge in [0.05, 0.1) is 0 Å². The van der Waals surface area contributed by atoms with Gasteiger partial charge >= 0.3 is 0 Å². The molecule has 16 heavy (non-hydrogen) atoms. The molecule has 0 aromatic carbocycles. The molecule has 2 heteroatoms. The lowest BCUT2D eigenvalue weighted by molar-refractivity contribution is 0.261. The lowest BCUT2D eigenvalue weighted by Crippen LogP contribution is -2.35. The van der Waals surface area contributed by atoms with Gasteiger partial charge in [0.2, 0.25) is 0 Å². The summed E-state index contributed by atoms with van der Waals surface area (Å²) >= 11 is 1.97. The van der Waals surface area contributed by atoms with Gasteiger partial charge in [0, 0.05) is 6.04 Å². The quantitative estimate of drug-likeness (QED) is 0.682. The number of rotatable bonds is 7. The monoisotopic (exact) mass is 241 g/mol. The Morgan fingerprint density at radius 3 is 2.69 bits per heavy atom. The number of unbranched alkanes of at least 4 members (excludes halogenated alkanes) is 1. The van der Waals surface area contributed by atoms with Crippen LogP contribution >= 0.6 is 11.8 Å². The smallest absolute Gasteiger partial charge is 0.00698 e. The van der Waals surface area contributed by atoms with E-state index in [1.165, 1.54) is 63.7 Å². The average Bonchev–Trinajstić information content (AvgIpc) is 3.13. The Balaban J connectivity index is 1.54. The molecule has 0 heterocycles. The molecule has 2 atom stereocenters. The predicted molar refractivity (Wildman–Crippen MR) is 74.1 cm³/mol. The van der Waals surface area contributed by atoms with Crippen molar-refractivity contribution < 1.29 is 0 Å². The van der Waals surface area contributed by atoms with Crippen LogP contribution in [0.1, 0.15) is 51.4 Å².